The van der Waals surface area contributed by atoms with Gasteiger partial charge in [0.25, 0.3) is 5.82 Å². The van der Waals surface area contributed by atoms with Gasteiger partial charge in [0.05, 0.1) is 13.2 Å². The van der Waals surface area contributed by atoms with Crippen LogP contribution in [0.1, 0.15) is 11.1 Å². The Bertz CT molecular complexity index is 768. The third kappa shape index (κ3) is 3.92. The summed E-state index contributed by atoms with van der Waals surface area (Å²) >= 11 is 0. The number of aromatic nitrogens is 1. The zero-order chi connectivity index (χ0) is 17.0. The number of sulfonamides is 1. The third-order valence-corrected chi connectivity index (χ3v) is 5.89. The molecule has 0 atom stereocenters. The van der Waals surface area contributed by atoms with Crippen molar-refractivity contribution in [2.24, 2.45) is 0 Å². The minimum Gasteiger partial charge on any atom is -0.379 e. The summed E-state index contributed by atoms with van der Waals surface area (Å²) < 4.78 is 31.7. The van der Waals surface area contributed by atoms with E-state index >= 15 is 0 Å². The molecule has 0 saturated carbocycles. The van der Waals surface area contributed by atoms with Crippen LogP contribution < -0.4 is 10.3 Å². The number of nitrogens with zero attached hydrogens (tertiary/aromatic N) is 1. The van der Waals surface area contributed by atoms with Crippen LogP contribution >= 0.6 is 0 Å². The summed E-state index contributed by atoms with van der Waals surface area (Å²) in [5, 5.41) is 3.25. The highest BCUT2D eigenvalue weighted by Gasteiger charge is 2.27. The maximum atomic E-state index is 12.5. The first-order valence-corrected chi connectivity index (χ1v) is 9.39. The van der Waals surface area contributed by atoms with Crippen molar-refractivity contribution in [3.05, 3.63) is 53.7 Å². The van der Waals surface area contributed by atoms with E-state index in [0.717, 1.165) is 5.82 Å². The average Bonchev–Trinajstić information content (AvgIpc) is 2.62. The highest BCUT2D eigenvalue weighted by atomic mass is 32.2. The molecule has 3 rings (SSSR count). The van der Waals surface area contributed by atoms with Gasteiger partial charge in [-0.05, 0) is 18.6 Å². The van der Waals surface area contributed by atoms with Crippen LogP contribution in [0.2, 0.25) is 0 Å². The van der Waals surface area contributed by atoms with E-state index in [2.05, 4.69) is 41.5 Å². The molecule has 7 heteroatoms. The minimum atomic E-state index is -3.46. The molecule has 0 spiro atoms. The van der Waals surface area contributed by atoms with Gasteiger partial charge in [0.15, 0.2) is 0 Å². The maximum absolute atomic E-state index is 12.5. The van der Waals surface area contributed by atoms with Crippen molar-refractivity contribution in [2.75, 3.05) is 31.6 Å². The Labute approximate surface area is 142 Å². The Hall–Kier alpha value is -1.96. The zero-order valence-electron chi connectivity index (χ0n) is 13.7. The fourth-order valence-electron chi connectivity index (χ4n) is 2.52. The molecule has 1 aromatic heterocycles. The zero-order valence-corrected chi connectivity index (χ0v) is 14.5. The molecule has 1 aliphatic rings. The number of morpholine rings is 1. The Morgan fingerprint density at radius 3 is 2.46 bits per heavy atom. The summed E-state index contributed by atoms with van der Waals surface area (Å²) in [6.07, 6.45) is 1.53. The summed E-state index contributed by atoms with van der Waals surface area (Å²) in [4.78, 5) is 3.28. The second-order valence-electron chi connectivity index (χ2n) is 5.79. The van der Waals surface area contributed by atoms with Gasteiger partial charge in [-0.15, -0.1) is 0 Å². The first kappa shape index (κ1) is 16.9. The first-order chi connectivity index (χ1) is 11.6. The quantitative estimate of drug-likeness (QED) is 0.887. The van der Waals surface area contributed by atoms with Gasteiger partial charge >= 0.3 is 0 Å². The minimum absolute atomic E-state index is 0.269. The molecule has 2 aromatic rings. The molecule has 2 N–H and O–H groups in total. The van der Waals surface area contributed by atoms with Crippen molar-refractivity contribution in [3.8, 4) is 0 Å². The number of H-pyrrole nitrogens is 1. The number of ether oxygens (including phenoxy) is 1. The van der Waals surface area contributed by atoms with Crippen LogP contribution in [0.3, 0.4) is 0 Å². The third-order valence-electron chi connectivity index (χ3n) is 4.00. The lowest BCUT2D eigenvalue weighted by atomic mass is 10.1. The van der Waals surface area contributed by atoms with Gasteiger partial charge in [-0.1, -0.05) is 29.8 Å². The Balaban J connectivity index is 1.65. The molecule has 6 nitrogen and oxygen atoms in total. The molecule has 0 radical (unpaired) electrons. The molecule has 128 valence electrons. The predicted molar refractivity (Wildman–Crippen MR) is 91.1 cm³/mol. The topological polar surface area (TPSA) is 72.8 Å². The van der Waals surface area contributed by atoms with E-state index < -0.39 is 10.0 Å². The highest BCUT2D eigenvalue weighted by molar-refractivity contribution is 7.89. The SMILES string of the molecule is Cc1ccc(CNc2ccc(S(=O)(=O)N3CCOCC3)c[nH+]2)cc1. The van der Waals surface area contributed by atoms with Crippen molar-refractivity contribution in [3.63, 3.8) is 0 Å². The molecule has 2 heterocycles. The van der Waals surface area contributed by atoms with E-state index in [1.165, 1.54) is 21.6 Å². The largest absolute Gasteiger partial charge is 0.379 e. The normalized spacial score (nSPS) is 16.0. The molecule has 0 aliphatic carbocycles. The van der Waals surface area contributed by atoms with Gasteiger partial charge in [-0.25, -0.2) is 13.4 Å². The van der Waals surface area contributed by atoms with E-state index in [-0.39, 0.29) is 4.90 Å². The number of nitrogens with one attached hydrogen (secondary N) is 2. The number of rotatable bonds is 5. The Morgan fingerprint density at radius 2 is 1.83 bits per heavy atom. The fraction of sp³-hybridized carbons (Fsp3) is 0.353. The lowest BCUT2D eigenvalue weighted by molar-refractivity contribution is -0.364. The molecule has 0 amide bonds. The second kappa shape index (κ2) is 7.29. The van der Waals surface area contributed by atoms with E-state index in [1.807, 2.05) is 0 Å². The van der Waals surface area contributed by atoms with Crippen LogP contribution in [0.25, 0.3) is 0 Å². The van der Waals surface area contributed by atoms with Crippen molar-refractivity contribution >= 4 is 15.8 Å². The monoisotopic (exact) mass is 348 g/mol. The van der Waals surface area contributed by atoms with Crippen molar-refractivity contribution < 1.29 is 18.1 Å². The van der Waals surface area contributed by atoms with Crippen molar-refractivity contribution in [1.29, 1.82) is 0 Å². The number of anilines is 1. The van der Waals surface area contributed by atoms with Crippen molar-refractivity contribution in [2.45, 2.75) is 18.4 Å². The lowest BCUT2D eigenvalue weighted by Gasteiger charge is -2.25. The van der Waals surface area contributed by atoms with E-state index in [4.69, 9.17) is 4.74 Å². The molecular formula is C17H22N3O3S+. The molecular weight excluding hydrogens is 326 g/mol. The second-order valence-corrected chi connectivity index (χ2v) is 7.73. The number of hydrogen-bond acceptors (Lipinski definition) is 4. The van der Waals surface area contributed by atoms with Crippen LogP contribution in [-0.4, -0.2) is 39.0 Å². The van der Waals surface area contributed by atoms with Crippen LogP contribution in [-0.2, 0) is 21.3 Å². The van der Waals surface area contributed by atoms with Gasteiger partial charge in [0, 0.05) is 19.2 Å². The van der Waals surface area contributed by atoms with Crippen LogP contribution in [0.5, 0.6) is 0 Å². The van der Waals surface area contributed by atoms with E-state index in [9.17, 15) is 8.42 Å². The van der Waals surface area contributed by atoms with Gasteiger partial charge < -0.3 is 4.74 Å². The van der Waals surface area contributed by atoms with Gasteiger partial charge in [-0.2, -0.15) is 4.31 Å². The smallest absolute Gasteiger partial charge is 0.272 e. The summed E-state index contributed by atoms with van der Waals surface area (Å²) in [5.74, 6) is 0.775. The molecule has 0 bridgehead atoms. The number of aryl methyl sites for hydroxylation is 1. The molecule has 0 unspecified atom stereocenters. The van der Waals surface area contributed by atoms with Gasteiger partial charge in [0.1, 0.15) is 17.6 Å². The van der Waals surface area contributed by atoms with Crippen LogP contribution in [0, 0.1) is 6.92 Å². The van der Waals surface area contributed by atoms with Crippen LogP contribution in [0.4, 0.5) is 5.82 Å². The molecule has 1 aromatic carbocycles. The molecule has 1 saturated heterocycles. The molecule has 1 fully saturated rings. The maximum Gasteiger partial charge on any atom is 0.272 e. The predicted octanol–water partition coefficient (Wildman–Crippen LogP) is 1.44. The van der Waals surface area contributed by atoms with Gasteiger partial charge in [-0.3, -0.25) is 5.32 Å². The number of benzene rings is 1. The molecule has 24 heavy (non-hydrogen) atoms. The van der Waals surface area contributed by atoms with E-state index in [1.54, 1.807) is 12.1 Å². The average molecular weight is 348 g/mol. The van der Waals surface area contributed by atoms with E-state index in [0.29, 0.717) is 32.8 Å². The summed E-state index contributed by atoms with van der Waals surface area (Å²) in [6.45, 7) is 4.41. The highest BCUT2D eigenvalue weighted by Crippen LogP contribution is 2.16. The standard InChI is InChI=1S/C17H21N3O3S/c1-14-2-4-15(5-3-14)12-18-17-7-6-16(13-19-17)24(21,22)20-8-10-23-11-9-20/h2-7,13H,8-12H2,1H3,(H,18,19)/p+1. The first-order valence-electron chi connectivity index (χ1n) is 7.95. The van der Waals surface area contributed by atoms with Crippen LogP contribution in [0.15, 0.2) is 47.5 Å². The summed E-state index contributed by atoms with van der Waals surface area (Å²) in [7, 11) is -3.46. The number of hydrogen-bond donors (Lipinski definition) is 1. The number of pyridine rings is 1. The lowest BCUT2D eigenvalue weighted by Crippen LogP contribution is -2.40. The Kier molecular flexibility index (Phi) is 5.13. The summed E-state index contributed by atoms with van der Waals surface area (Å²) in [6, 6.07) is 11.6. The fourth-order valence-corrected chi connectivity index (χ4v) is 3.90. The van der Waals surface area contributed by atoms with Gasteiger partial charge in [0.2, 0.25) is 10.0 Å². The summed E-state index contributed by atoms with van der Waals surface area (Å²) in [5.41, 5.74) is 2.39. The molecule has 1 aliphatic heterocycles. The Morgan fingerprint density at radius 1 is 1.12 bits per heavy atom. The van der Waals surface area contributed by atoms with Crippen molar-refractivity contribution in [1.82, 2.24) is 4.31 Å². The number of aromatic amines is 1.